The standard InChI is InChI=1S/C20H23FN2O2/c1-14(2)23-19(25)9-6-12-22-20(15-7-4-3-5-8-15)17-13-16(21)10-11-18(17)24/h3-5,7-8,10-11,13-14,24H,6,9,12H2,1-2H3,(H,23,25). The van der Waals surface area contributed by atoms with Gasteiger partial charge in [0.15, 0.2) is 0 Å². The van der Waals surface area contributed by atoms with Gasteiger partial charge in [-0.3, -0.25) is 9.79 Å². The van der Waals surface area contributed by atoms with Crippen LogP contribution >= 0.6 is 0 Å². The summed E-state index contributed by atoms with van der Waals surface area (Å²) < 4.78 is 13.6. The molecule has 0 aliphatic rings. The van der Waals surface area contributed by atoms with E-state index in [1.54, 1.807) is 0 Å². The first-order valence-electron chi connectivity index (χ1n) is 8.35. The van der Waals surface area contributed by atoms with Crippen molar-refractivity contribution in [2.24, 2.45) is 4.99 Å². The number of rotatable bonds is 7. The van der Waals surface area contributed by atoms with E-state index in [0.29, 0.717) is 30.7 Å². The molecule has 0 saturated carbocycles. The van der Waals surface area contributed by atoms with Crippen molar-refractivity contribution in [2.75, 3.05) is 6.54 Å². The predicted octanol–water partition coefficient (Wildman–Crippen LogP) is 3.67. The summed E-state index contributed by atoms with van der Waals surface area (Å²) >= 11 is 0. The predicted molar refractivity (Wildman–Crippen MR) is 97.5 cm³/mol. The van der Waals surface area contributed by atoms with Gasteiger partial charge in [0, 0.05) is 30.1 Å². The molecule has 2 aromatic carbocycles. The summed E-state index contributed by atoms with van der Waals surface area (Å²) in [6.07, 6.45) is 0.948. The third kappa shape index (κ3) is 5.71. The molecule has 0 aliphatic heterocycles. The number of phenolic OH excluding ortho intramolecular Hbond substituents is 1. The highest BCUT2D eigenvalue weighted by Crippen LogP contribution is 2.22. The first-order valence-corrected chi connectivity index (χ1v) is 8.35. The summed E-state index contributed by atoms with van der Waals surface area (Å²) in [5.74, 6) is -0.477. The Kier molecular flexibility index (Phi) is 6.69. The van der Waals surface area contributed by atoms with E-state index in [-0.39, 0.29) is 17.7 Å². The molecule has 0 fully saturated rings. The van der Waals surface area contributed by atoms with E-state index in [4.69, 9.17) is 0 Å². The molecular formula is C20H23FN2O2. The van der Waals surface area contributed by atoms with E-state index in [0.717, 1.165) is 5.56 Å². The zero-order valence-electron chi connectivity index (χ0n) is 14.5. The fourth-order valence-corrected chi connectivity index (χ4v) is 2.45. The normalized spacial score (nSPS) is 11.6. The van der Waals surface area contributed by atoms with Crippen LogP contribution in [0.25, 0.3) is 0 Å². The molecule has 5 heteroatoms. The van der Waals surface area contributed by atoms with E-state index < -0.39 is 5.82 Å². The second kappa shape index (κ2) is 8.97. The van der Waals surface area contributed by atoms with Crippen LogP contribution in [0, 0.1) is 5.82 Å². The topological polar surface area (TPSA) is 61.7 Å². The van der Waals surface area contributed by atoms with Crippen LogP contribution in [0.3, 0.4) is 0 Å². The van der Waals surface area contributed by atoms with Crippen LogP contribution in [-0.4, -0.2) is 29.3 Å². The number of hydrogen-bond donors (Lipinski definition) is 2. The molecule has 1 amide bonds. The molecule has 0 unspecified atom stereocenters. The van der Waals surface area contributed by atoms with E-state index in [1.807, 2.05) is 44.2 Å². The van der Waals surface area contributed by atoms with Gasteiger partial charge in [-0.1, -0.05) is 30.3 Å². The van der Waals surface area contributed by atoms with Gasteiger partial charge in [-0.2, -0.15) is 0 Å². The minimum absolute atomic E-state index is 0.0138. The second-order valence-electron chi connectivity index (χ2n) is 6.08. The second-order valence-corrected chi connectivity index (χ2v) is 6.08. The Morgan fingerprint density at radius 3 is 2.60 bits per heavy atom. The van der Waals surface area contributed by atoms with Gasteiger partial charge in [-0.15, -0.1) is 0 Å². The van der Waals surface area contributed by atoms with E-state index >= 15 is 0 Å². The quantitative estimate of drug-likeness (QED) is 0.596. The molecule has 0 atom stereocenters. The van der Waals surface area contributed by atoms with Crippen LogP contribution in [0.4, 0.5) is 4.39 Å². The summed E-state index contributed by atoms with van der Waals surface area (Å²) in [5, 5.41) is 12.9. The number of carbonyl (C=O) groups is 1. The fourth-order valence-electron chi connectivity index (χ4n) is 2.45. The molecule has 0 bridgehead atoms. The van der Waals surface area contributed by atoms with E-state index in [2.05, 4.69) is 10.3 Å². The maximum Gasteiger partial charge on any atom is 0.220 e. The Hall–Kier alpha value is -2.69. The third-order valence-corrected chi connectivity index (χ3v) is 3.54. The summed E-state index contributed by atoms with van der Waals surface area (Å²) in [6, 6.07) is 13.2. The van der Waals surface area contributed by atoms with Crippen molar-refractivity contribution in [1.29, 1.82) is 0 Å². The number of hydrogen-bond acceptors (Lipinski definition) is 3. The SMILES string of the molecule is CC(C)NC(=O)CCCN=C(c1ccccc1)c1cc(F)ccc1O. The largest absolute Gasteiger partial charge is 0.507 e. The van der Waals surface area contributed by atoms with Gasteiger partial charge < -0.3 is 10.4 Å². The Morgan fingerprint density at radius 2 is 1.92 bits per heavy atom. The van der Waals surface area contributed by atoms with Crippen molar-refractivity contribution in [2.45, 2.75) is 32.7 Å². The number of aliphatic imine (C=N–C) groups is 1. The summed E-state index contributed by atoms with van der Waals surface area (Å²) in [4.78, 5) is 16.2. The maximum atomic E-state index is 13.6. The third-order valence-electron chi connectivity index (χ3n) is 3.54. The van der Waals surface area contributed by atoms with Crippen LogP contribution in [0.15, 0.2) is 53.5 Å². The Labute approximate surface area is 147 Å². The molecule has 132 valence electrons. The average Bonchev–Trinajstić information content (AvgIpc) is 2.57. The molecule has 0 radical (unpaired) electrons. The van der Waals surface area contributed by atoms with Crippen molar-refractivity contribution in [3.8, 4) is 5.75 Å². The van der Waals surface area contributed by atoms with Crippen LogP contribution in [0.1, 0.15) is 37.8 Å². The molecule has 25 heavy (non-hydrogen) atoms. The van der Waals surface area contributed by atoms with Gasteiger partial charge in [-0.05, 0) is 38.5 Å². The molecule has 2 aromatic rings. The number of halogens is 1. The molecule has 0 saturated heterocycles. The lowest BCUT2D eigenvalue weighted by molar-refractivity contribution is -0.121. The Balaban J connectivity index is 2.18. The monoisotopic (exact) mass is 342 g/mol. The number of aromatic hydroxyl groups is 1. The van der Waals surface area contributed by atoms with Crippen molar-refractivity contribution in [1.82, 2.24) is 5.32 Å². The first-order chi connectivity index (χ1) is 12.0. The highest BCUT2D eigenvalue weighted by molar-refractivity contribution is 6.14. The van der Waals surface area contributed by atoms with Gasteiger partial charge in [0.2, 0.25) is 5.91 Å². The average molecular weight is 342 g/mol. The maximum absolute atomic E-state index is 13.6. The van der Waals surface area contributed by atoms with Crippen LogP contribution in [-0.2, 0) is 4.79 Å². The molecule has 0 aliphatic carbocycles. The van der Waals surface area contributed by atoms with E-state index in [9.17, 15) is 14.3 Å². The number of amides is 1. The summed E-state index contributed by atoms with van der Waals surface area (Å²) in [5.41, 5.74) is 1.65. The lowest BCUT2D eigenvalue weighted by Gasteiger charge is -2.10. The number of carbonyl (C=O) groups excluding carboxylic acids is 1. The van der Waals surface area contributed by atoms with Crippen molar-refractivity contribution >= 4 is 11.6 Å². The van der Waals surface area contributed by atoms with Gasteiger partial charge in [-0.25, -0.2) is 4.39 Å². The molecular weight excluding hydrogens is 319 g/mol. The lowest BCUT2D eigenvalue weighted by atomic mass is 10.0. The molecule has 0 aromatic heterocycles. The Bertz CT molecular complexity index is 743. The molecule has 2 N–H and O–H groups in total. The van der Waals surface area contributed by atoms with Crippen LogP contribution in [0.5, 0.6) is 5.75 Å². The highest BCUT2D eigenvalue weighted by atomic mass is 19.1. The van der Waals surface area contributed by atoms with Crippen molar-refractivity contribution in [3.63, 3.8) is 0 Å². The van der Waals surface area contributed by atoms with Crippen LogP contribution in [0.2, 0.25) is 0 Å². The smallest absolute Gasteiger partial charge is 0.220 e. The van der Waals surface area contributed by atoms with E-state index in [1.165, 1.54) is 18.2 Å². The van der Waals surface area contributed by atoms with Gasteiger partial charge in [0.05, 0.1) is 5.71 Å². The van der Waals surface area contributed by atoms with Gasteiger partial charge in [0.25, 0.3) is 0 Å². The number of phenols is 1. The minimum Gasteiger partial charge on any atom is -0.507 e. The lowest BCUT2D eigenvalue weighted by Crippen LogP contribution is -2.29. The first kappa shape index (κ1) is 18.6. The van der Waals surface area contributed by atoms with Gasteiger partial charge in [0.1, 0.15) is 11.6 Å². The van der Waals surface area contributed by atoms with Crippen LogP contribution < -0.4 is 5.32 Å². The van der Waals surface area contributed by atoms with Crippen molar-refractivity contribution in [3.05, 3.63) is 65.5 Å². The molecule has 0 heterocycles. The summed E-state index contributed by atoms with van der Waals surface area (Å²) in [7, 11) is 0. The number of benzene rings is 2. The Morgan fingerprint density at radius 1 is 1.20 bits per heavy atom. The number of nitrogens with zero attached hydrogens (tertiary/aromatic N) is 1. The minimum atomic E-state index is -0.437. The van der Waals surface area contributed by atoms with Gasteiger partial charge >= 0.3 is 0 Å². The molecule has 0 spiro atoms. The van der Waals surface area contributed by atoms with Crippen molar-refractivity contribution < 1.29 is 14.3 Å². The molecule has 4 nitrogen and oxygen atoms in total. The summed E-state index contributed by atoms with van der Waals surface area (Å²) in [6.45, 7) is 4.23. The highest BCUT2D eigenvalue weighted by Gasteiger charge is 2.12. The molecule has 2 rings (SSSR count). The fraction of sp³-hybridized carbons (Fsp3) is 0.300. The zero-order chi connectivity index (χ0) is 18.2. The zero-order valence-corrected chi connectivity index (χ0v) is 14.5. The number of nitrogens with one attached hydrogen (secondary N) is 1.